The Kier molecular flexibility index (Phi) is 5.56. The molecule has 0 aliphatic rings. The summed E-state index contributed by atoms with van der Waals surface area (Å²) < 4.78 is 0.821. The van der Waals surface area contributed by atoms with Gasteiger partial charge in [-0.25, -0.2) is 0 Å². The minimum atomic E-state index is 0.0829. The Morgan fingerprint density at radius 1 is 1.05 bits per heavy atom. The topological polar surface area (TPSA) is 26.0 Å². The molecule has 0 spiro atoms. The summed E-state index contributed by atoms with van der Waals surface area (Å²) in [5.41, 5.74) is 7.51. The summed E-state index contributed by atoms with van der Waals surface area (Å²) in [7, 11) is 0. The molecule has 2 rings (SSSR count). The summed E-state index contributed by atoms with van der Waals surface area (Å²) in [6.07, 6.45) is 0. The van der Waals surface area contributed by atoms with Gasteiger partial charge < -0.3 is 5.73 Å². The fourth-order valence-corrected chi connectivity index (χ4v) is 4.43. The fraction of sp³-hybridized carbons (Fsp3) is 0.375. The van der Waals surface area contributed by atoms with E-state index in [1.165, 1.54) is 15.3 Å². The average Bonchev–Trinajstić information content (AvgIpc) is 2.82. The van der Waals surface area contributed by atoms with E-state index in [1.807, 2.05) is 24.8 Å². The number of halogens is 1. The van der Waals surface area contributed by atoms with Crippen molar-refractivity contribution in [1.29, 1.82) is 0 Å². The lowest BCUT2D eigenvalue weighted by molar-refractivity contribution is 0.730. The molecule has 1 aromatic heterocycles. The third kappa shape index (κ3) is 4.01. The van der Waals surface area contributed by atoms with Crippen molar-refractivity contribution < 1.29 is 0 Å². The minimum absolute atomic E-state index is 0.0829. The third-order valence-electron chi connectivity index (χ3n) is 3.16. The zero-order valence-corrected chi connectivity index (χ0v) is 14.4. The molecule has 0 bridgehead atoms. The predicted octanol–water partition coefficient (Wildman–Crippen LogP) is 5.71. The summed E-state index contributed by atoms with van der Waals surface area (Å²) >= 11 is 9.46. The van der Waals surface area contributed by atoms with Crippen molar-refractivity contribution in [2.75, 3.05) is 0 Å². The van der Waals surface area contributed by atoms with Crippen molar-refractivity contribution >= 4 is 34.7 Å². The maximum absolute atomic E-state index is 6.15. The van der Waals surface area contributed by atoms with Gasteiger partial charge >= 0.3 is 0 Å². The highest BCUT2D eigenvalue weighted by Gasteiger charge is 2.19. The first kappa shape index (κ1) is 15.9. The number of hydrogen-bond donors (Lipinski definition) is 1. The van der Waals surface area contributed by atoms with E-state index >= 15 is 0 Å². The zero-order chi connectivity index (χ0) is 14.7. The van der Waals surface area contributed by atoms with Gasteiger partial charge in [0.2, 0.25) is 0 Å². The summed E-state index contributed by atoms with van der Waals surface area (Å²) in [6, 6.07) is 12.9. The van der Waals surface area contributed by atoms with E-state index in [-0.39, 0.29) is 11.3 Å². The SMILES string of the molecule is CC(C)c1ccc(SC(c2ccc(Cl)s2)C(C)N)cc1. The monoisotopic (exact) mass is 325 g/mol. The van der Waals surface area contributed by atoms with Gasteiger partial charge in [0.1, 0.15) is 0 Å². The Morgan fingerprint density at radius 2 is 1.70 bits per heavy atom. The molecule has 0 saturated carbocycles. The van der Waals surface area contributed by atoms with Gasteiger partial charge in [0, 0.05) is 15.8 Å². The Labute approximate surface area is 134 Å². The molecule has 20 heavy (non-hydrogen) atoms. The fourth-order valence-electron chi connectivity index (χ4n) is 1.98. The van der Waals surface area contributed by atoms with Crippen molar-refractivity contribution in [2.45, 2.75) is 42.9 Å². The van der Waals surface area contributed by atoms with Crippen LogP contribution >= 0.6 is 34.7 Å². The summed E-state index contributed by atoms with van der Waals surface area (Å²) in [5.74, 6) is 0.564. The summed E-state index contributed by atoms with van der Waals surface area (Å²) in [5, 5.41) is 0.248. The van der Waals surface area contributed by atoms with E-state index in [9.17, 15) is 0 Å². The maximum Gasteiger partial charge on any atom is 0.0931 e. The number of rotatable bonds is 5. The van der Waals surface area contributed by atoms with Crippen LogP contribution in [0.5, 0.6) is 0 Å². The second-order valence-electron chi connectivity index (χ2n) is 5.26. The van der Waals surface area contributed by atoms with Crippen molar-refractivity contribution in [3.05, 3.63) is 51.2 Å². The van der Waals surface area contributed by atoms with Crippen molar-refractivity contribution in [3.8, 4) is 0 Å². The van der Waals surface area contributed by atoms with Crippen molar-refractivity contribution in [3.63, 3.8) is 0 Å². The van der Waals surface area contributed by atoms with Gasteiger partial charge in [-0.05, 0) is 42.7 Å². The van der Waals surface area contributed by atoms with Crippen LogP contribution in [0.25, 0.3) is 0 Å². The number of benzene rings is 1. The molecular weight excluding hydrogens is 306 g/mol. The molecule has 0 aliphatic carbocycles. The molecule has 1 nitrogen and oxygen atoms in total. The van der Waals surface area contributed by atoms with Gasteiger partial charge in [-0.2, -0.15) is 0 Å². The number of thiophene rings is 1. The molecule has 2 atom stereocenters. The molecule has 2 aromatic rings. The van der Waals surface area contributed by atoms with E-state index in [4.69, 9.17) is 17.3 Å². The number of nitrogens with two attached hydrogens (primary N) is 1. The molecule has 0 amide bonds. The van der Waals surface area contributed by atoms with E-state index in [1.54, 1.807) is 11.3 Å². The summed E-state index contributed by atoms with van der Waals surface area (Å²) in [6.45, 7) is 6.47. The van der Waals surface area contributed by atoms with E-state index < -0.39 is 0 Å². The third-order valence-corrected chi connectivity index (χ3v) is 6.11. The van der Waals surface area contributed by atoms with Crippen LogP contribution in [0.15, 0.2) is 41.3 Å². The quantitative estimate of drug-likeness (QED) is 0.713. The average molecular weight is 326 g/mol. The number of hydrogen-bond acceptors (Lipinski definition) is 3. The highest BCUT2D eigenvalue weighted by atomic mass is 35.5. The normalized spacial score (nSPS) is 14.5. The smallest absolute Gasteiger partial charge is 0.0931 e. The molecule has 0 saturated heterocycles. The van der Waals surface area contributed by atoms with Crippen LogP contribution in [-0.2, 0) is 0 Å². The van der Waals surface area contributed by atoms with E-state index in [2.05, 4.69) is 44.2 Å². The van der Waals surface area contributed by atoms with Crippen LogP contribution in [0, 0.1) is 0 Å². The first-order chi connectivity index (χ1) is 9.47. The van der Waals surface area contributed by atoms with Crippen LogP contribution in [0.1, 0.15) is 42.4 Å². The van der Waals surface area contributed by atoms with E-state index in [0.29, 0.717) is 5.92 Å². The molecule has 1 aromatic carbocycles. The number of thioether (sulfide) groups is 1. The van der Waals surface area contributed by atoms with Gasteiger partial charge in [0.25, 0.3) is 0 Å². The lowest BCUT2D eigenvalue weighted by Crippen LogP contribution is -2.21. The molecule has 4 heteroatoms. The lowest BCUT2D eigenvalue weighted by Gasteiger charge is -2.19. The molecule has 0 fully saturated rings. The molecule has 0 aliphatic heterocycles. The largest absolute Gasteiger partial charge is 0.327 e. The Morgan fingerprint density at radius 3 is 2.15 bits per heavy atom. The molecular formula is C16H20ClNS2. The molecule has 108 valence electrons. The second kappa shape index (κ2) is 6.99. The molecule has 0 radical (unpaired) electrons. The van der Waals surface area contributed by atoms with Crippen LogP contribution < -0.4 is 5.73 Å². The second-order valence-corrected chi connectivity index (χ2v) is 8.22. The van der Waals surface area contributed by atoms with Gasteiger partial charge in [0.05, 0.1) is 9.59 Å². The first-order valence-electron chi connectivity index (χ1n) is 6.75. The summed E-state index contributed by atoms with van der Waals surface area (Å²) in [4.78, 5) is 2.49. The highest BCUT2D eigenvalue weighted by Crippen LogP contribution is 2.41. The van der Waals surface area contributed by atoms with Gasteiger partial charge in [0.15, 0.2) is 0 Å². The van der Waals surface area contributed by atoms with Gasteiger partial charge in [-0.1, -0.05) is 37.6 Å². The van der Waals surface area contributed by atoms with Crippen LogP contribution in [0.4, 0.5) is 0 Å². The zero-order valence-electron chi connectivity index (χ0n) is 12.0. The molecule has 1 heterocycles. The maximum atomic E-state index is 6.15. The van der Waals surface area contributed by atoms with Crippen LogP contribution in [0.3, 0.4) is 0 Å². The highest BCUT2D eigenvalue weighted by molar-refractivity contribution is 7.99. The Bertz CT molecular complexity index is 546. The van der Waals surface area contributed by atoms with E-state index in [0.717, 1.165) is 4.34 Å². The van der Waals surface area contributed by atoms with Gasteiger partial charge in [-0.3, -0.25) is 0 Å². The minimum Gasteiger partial charge on any atom is -0.327 e. The lowest BCUT2D eigenvalue weighted by atomic mass is 10.0. The van der Waals surface area contributed by atoms with Crippen LogP contribution in [0.2, 0.25) is 4.34 Å². The van der Waals surface area contributed by atoms with Crippen LogP contribution in [-0.4, -0.2) is 6.04 Å². The molecule has 2 unspecified atom stereocenters. The van der Waals surface area contributed by atoms with Gasteiger partial charge in [-0.15, -0.1) is 23.1 Å². The first-order valence-corrected chi connectivity index (χ1v) is 8.82. The van der Waals surface area contributed by atoms with Crippen molar-refractivity contribution in [2.24, 2.45) is 5.73 Å². The predicted molar refractivity (Wildman–Crippen MR) is 92.1 cm³/mol. The standard InChI is InChI=1S/C16H20ClNS2/c1-10(2)12-4-6-13(7-5-12)19-16(11(3)18)14-8-9-15(17)20-14/h4-11,16H,18H2,1-3H3. The Balaban J connectivity index is 2.16. The van der Waals surface area contributed by atoms with Crippen molar-refractivity contribution in [1.82, 2.24) is 0 Å². The molecule has 2 N–H and O–H groups in total. The Hall–Kier alpha value is -0.480.